The molecule has 0 saturated carbocycles. The van der Waals surface area contributed by atoms with Crippen LogP contribution in [-0.4, -0.2) is 33.7 Å². The number of hydrogen-bond donors (Lipinski definition) is 0. The van der Waals surface area contributed by atoms with Crippen LogP contribution in [0.1, 0.15) is 6.42 Å². The van der Waals surface area contributed by atoms with Gasteiger partial charge in [0.15, 0.2) is 0 Å². The maximum Gasteiger partial charge on any atom is 0.460 e. The zero-order valence-corrected chi connectivity index (χ0v) is 10.3. The molecule has 0 aliphatic carbocycles. The molecule has 0 fully saturated rings. The topological polar surface area (TPSA) is 21.7 Å². The van der Waals surface area contributed by atoms with E-state index in [9.17, 15) is 39.5 Å². The maximum atomic E-state index is 13.1. The zero-order valence-electron chi connectivity index (χ0n) is 10.3. The Kier molecular flexibility index (Phi) is 4.23. The standard InChI is InChI=1S/C9H9F9N3/c1-20-4-19-21(5-20)3-2-6(10,11)7(12,13)8(14,15)9(16,17)18/h4-5H,2-3H2,1H3/q+1. The minimum atomic E-state index is -6.85. The van der Waals surface area contributed by atoms with E-state index < -0.39 is 36.9 Å². The van der Waals surface area contributed by atoms with Crippen molar-refractivity contribution in [2.75, 3.05) is 0 Å². The molecule has 1 rings (SSSR count). The Morgan fingerprint density at radius 3 is 1.86 bits per heavy atom. The minimum Gasteiger partial charge on any atom is -0.240 e. The number of aryl methyl sites for hydroxylation is 2. The molecule has 0 amide bonds. The Labute approximate surface area is 112 Å². The fourth-order valence-electron chi connectivity index (χ4n) is 1.35. The Morgan fingerprint density at radius 1 is 0.952 bits per heavy atom. The van der Waals surface area contributed by atoms with Gasteiger partial charge >= 0.3 is 23.9 Å². The highest BCUT2D eigenvalue weighted by atomic mass is 19.4. The van der Waals surface area contributed by atoms with E-state index in [1.165, 1.54) is 11.6 Å². The summed E-state index contributed by atoms with van der Waals surface area (Å²) in [7, 11) is 1.41. The first-order valence-electron chi connectivity index (χ1n) is 5.30. The molecular formula is C9H9F9N3+. The van der Waals surface area contributed by atoms with Gasteiger partial charge < -0.3 is 0 Å². The summed E-state index contributed by atoms with van der Waals surface area (Å²) in [6.45, 7) is -0.961. The summed E-state index contributed by atoms with van der Waals surface area (Å²) in [5.74, 6) is -19.0. The molecule has 1 aromatic rings. The second-order valence-electron chi connectivity index (χ2n) is 4.28. The lowest BCUT2D eigenvalue weighted by Gasteiger charge is -2.33. The summed E-state index contributed by atoms with van der Waals surface area (Å²) in [6, 6.07) is 0. The van der Waals surface area contributed by atoms with Gasteiger partial charge in [-0.2, -0.15) is 39.5 Å². The molecule has 0 bridgehead atoms. The lowest BCUT2D eigenvalue weighted by molar-refractivity contribution is -0.672. The summed E-state index contributed by atoms with van der Waals surface area (Å²) < 4.78 is 115. The fourth-order valence-corrected chi connectivity index (χ4v) is 1.35. The summed E-state index contributed by atoms with van der Waals surface area (Å²) in [5.41, 5.74) is 0. The highest BCUT2D eigenvalue weighted by Gasteiger charge is 2.81. The number of halogens is 9. The maximum absolute atomic E-state index is 13.1. The first-order chi connectivity index (χ1) is 9.22. The lowest BCUT2D eigenvalue weighted by atomic mass is 10.0. The van der Waals surface area contributed by atoms with E-state index in [-0.39, 0.29) is 0 Å². The monoisotopic (exact) mass is 330 g/mol. The van der Waals surface area contributed by atoms with Crippen molar-refractivity contribution in [1.29, 1.82) is 0 Å². The molecule has 0 radical (unpaired) electrons. The molecule has 3 nitrogen and oxygen atoms in total. The fraction of sp³-hybridized carbons (Fsp3) is 0.778. The highest BCUT2D eigenvalue weighted by Crippen LogP contribution is 2.54. The second-order valence-corrected chi connectivity index (χ2v) is 4.28. The molecule has 1 heterocycles. The third-order valence-electron chi connectivity index (χ3n) is 2.56. The normalized spacial score (nSPS) is 14.6. The molecule has 0 aromatic carbocycles. The molecule has 21 heavy (non-hydrogen) atoms. The predicted octanol–water partition coefficient (Wildman–Crippen LogP) is 2.57. The molecule has 122 valence electrons. The Bertz CT molecular complexity index is 491. The van der Waals surface area contributed by atoms with Crippen LogP contribution in [0.5, 0.6) is 0 Å². The van der Waals surface area contributed by atoms with Gasteiger partial charge in [0, 0.05) is 5.10 Å². The van der Waals surface area contributed by atoms with Crippen LogP contribution in [0.2, 0.25) is 0 Å². The number of alkyl halides is 9. The van der Waals surface area contributed by atoms with Crippen molar-refractivity contribution in [3.8, 4) is 0 Å². The Hall–Kier alpha value is -1.49. The van der Waals surface area contributed by atoms with E-state index in [0.29, 0.717) is 4.68 Å². The van der Waals surface area contributed by atoms with Gasteiger partial charge in [-0.15, -0.1) is 4.68 Å². The third kappa shape index (κ3) is 3.07. The average molecular weight is 330 g/mol. The summed E-state index contributed by atoms with van der Waals surface area (Å²) in [4.78, 5) is 0. The second kappa shape index (κ2) is 5.05. The van der Waals surface area contributed by atoms with Crippen LogP contribution in [0.3, 0.4) is 0 Å². The minimum absolute atomic E-state index is 0.704. The molecule has 0 atom stereocenters. The van der Waals surface area contributed by atoms with E-state index in [4.69, 9.17) is 0 Å². The zero-order chi connectivity index (χ0) is 16.7. The van der Waals surface area contributed by atoms with E-state index >= 15 is 0 Å². The van der Waals surface area contributed by atoms with Crippen LogP contribution in [0.4, 0.5) is 39.5 Å². The number of nitrogens with zero attached hydrogens (tertiary/aromatic N) is 3. The Balaban J connectivity index is 2.94. The van der Waals surface area contributed by atoms with Gasteiger partial charge in [-0.05, 0) is 0 Å². The highest BCUT2D eigenvalue weighted by molar-refractivity contribution is 5.00. The molecule has 0 spiro atoms. The van der Waals surface area contributed by atoms with Crippen molar-refractivity contribution in [1.82, 2.24) is 9.78 Å². The summed E-state index contributed by atoms with van der Waals surface area (Å²) in [6.07, 6.45) is -6.57. The van der Waals surface area contributed by atoms with Crippen molar-refractivity contribution in [2.24, 2.45) is 7.05 Å². The van der Waals surface area contributed by atoms with Gasteiger partial charge in [0.2, 0.25) is 6.33 Å². The van der Waals surface area contributed by atoms with Crippen molar-refractivity contribution in [3.63, 3.8) is 0 Å². The third-order valence-corrected chi connectivity index (χ3v) is 2.56. The van der Waals surface area contributed by atoms with Crippen molar-refractivity contribution < 1.29 is 44.1 Å². The number of rotatable bonds is 5. The van der Waals surface area contributed by atoms with Crippen molar-refractivity contribution in [2.45, 2.75) is 36.9 Å². The van der Waals surface area contributed by atoms with Gasteiger partial charge in [0.05, 0.1) is 13.5 Å². The molecule has 0 unspecified atom stereocenters. The van der Waals surface area contributed by atoms with Gasteiger partial charge in [0.1, 0.15) is 6.54 Å². The molecular weight excluding hydrogens is 321 g/mol. The number of aromatic nitrogens is 3. The van der Waals surface area contributed by atoms with Crippen molar-refractivity contribution in [3.05, 3.63) is 12.7 Å². The lowest BCUT2D eigenvalue weighted by Crippen LogP contribution is -2.61. The summed E-state index contributed by atoms with van der Waals surface area (Å²) >= 11 is 0. The van der Waals surface area contributed by atoms with Crippen LogP contribution in [-0.2, 0) is 13.6 Å². The van der Waals surface area contributed by atoms with Gasteiger partial charge in [-0.3, -0.25) is 0 Å². The summed E-state index contributed by atoms with van der Waals surface area (Å²) in [5, 5.41) is 3.40. The van der Waals surface area contributed by atoms with Crippen molar-refractivity contribution >= 4 is 0 Å². The van der Waals surface area contributed by atoms with Crippen LogP contribution in [0, 0.1) is 0 Å². The van der Waals surface area contributed by atoms with E-state index in [1.54, 1.807) is 0 Å². The smallest absolute Gasteiger partial charge is 0.240 e. The largest absolute Gasteiger partial charge is 0.460 e. The van der Waals surface area contributed by atoms with E-state index in [0.717, 1.165) is 12.7 Å². The Morgan fingerprint density at radius 2 is 1.48 bits per heavy atom. The van der Waals surface area contributed by atoms with Crippen LogP contribution >= 0.6 is 0 Å². The molecule has 1 aromatic heterocycles. The first-order valence-corrected chi connectivity index (χ1v) is 5.30. The SMILES string of the molecule is C[n+]1cnn(CCC(F)(F)C(F)(F)C(F)(F)C(F)(F)F)c1. The van der Waals surface area contributed by atoms with Gasteiger partial charge in [-0.1, -0.05) is 0 Å². The van der Waals surface area contributed by atoms with Crippen LogP contribution < -0.4 is 4.57 Å². The molecule has 0 N–H and O–H groups in total. The average Bonchev–Trinajstić information content (AvgIpc) is 2.70. The van der Waals surface area contributed by atoms with Gasteiger partial charge in [0.25, 0.3) is 6.33 Å². The predicted molar refractivity (Wildman–Crippen MR) is 48.9 cm³/mol. The first kappa shape index (κ1) is 17.6. The molecule has 12 heteroatoms. The quantitative estimate of drug-likeness (QED) is 0.601. The van der Waals surface area contributed by atoms with E-state index in [1.807, 2.05) is 0 Å². The molecule has 0 aliphatic rings. The molecule has 0 saturated heterocycles. The van der Waals surface area contributed by atoms with Gasteiger partial charge in [-0.25, -0.2) is 4.57 Å². The van der Waals surface area contributed by atoms with E-state index in [2.05, 4.69) is 5.10 Å². The van der Waals surface area contributed by atoms with Crippen LogP contribution in [0.15, 0.2) is 12.7 Å². The number of hydrogen-bond acceptors (Lipinski definition) is 1. The molecule has 0 aliphatic heterocycles. The van der Waals surface area contributed by atoms with Crippen LogP contribution in [0.25, 0.3) is 0 Å².